The van der Waals surface area contributed by atoms with Gasteiger partial charge < -0.3 is 33.9 Å². The lowest BCUT2D eigenvalue weighted by atomic mass is 10.3. The first-order valence-corrected chi connectivity index (χ1v) is 21.2. The van der Waals surface area contributed by atoms with E-state index in [1.54, 1.807) is 73.7 Å². The molecule has 0 unspecified atom stereocenters. The molecule has 5 aromatic heterocycles. The van der Waals surface area contributed by atoms with Crippen LogP contribution in [-0.2, 0) is 50.0 Å². The van der Waals surface area contributed by atoms with Gasteiger partial charge in [-0.1, -0.05) is 69.2 Å². The number of ketones is 2. The van der Waals surface area contributed by atoms with Gasteiger partial charge in [0.2, 0.25) is 0 Å². The van der Waals surface area contributed by atoms with Gasteiger partial charge in [0.05, 0.1) is 79.6 Å². The highest BCUT2D eigenvalue weighted by atomic mass is 16.7. The van der Waals surface area contributed by atoms with Gasteiger partial charge in [0.15, 0.2) is 11.6 Å². The Kier molecular flexibility index (Phi) is 48.0. The molecule has 0 bridgehead atoms. The second kappa shape index (κ2) is 47.0. The number of hydroxylamine groups is 2. The van der Waals surface area contributed by atoms with Crippen molar-refractivity contribution in [2.24, 2.45) is 21.1 Å². The van der Waals surface area contributed by atoms with Crippen LogP contribution in [0.1, 0.15) is 112 Å². The minimum absolute atomic E-state index is 0.0367. The molecule has 0 aliphatic carbocycles. The Hall–Kier alpha value is -7.54. The zero-order valence-electron chi connectivity index (χ0n) is 41.9. The molecular weight excluding hydrogens is 847 g/mol. The molecule has 0 aliphatic heterocycles. The lowest BCUT2D eigenvalue weighted by molar-refractivity contribution is -0.162. The fourth-order valence-electron chi connectivity index (χ4n) is 3.35. The molecule has 5 aromatic rings. The van der Waals surface area contributed by atoms with Crippen molar-refractivity contribution >= 4 is 59.8 Å². The van der Waals surface area contributed by atoms with Gasteiger partial charge in [-0.25, -0.2) is 39.6 Å². The van der Waals surface area contributed by atoms with Gasteiger partial charge in [0.1, 0.15) is 0 Å². The SMILES string of the molecule is CC.CC.CC.CC.CC.CC(=O)/C=C/c1cn(C)cn1.CC(=O)/C=C/c1cnc[nH]1.CON(C)C(=O)/C=C/c1cn(C)cn1.Cn1cnc(/C=C/C(=O)O)c1.O=C(O)/C=C/c1cnc[nH]1. The molecule has 0 atom stereocenters. The molecule has 19 heteroatoms. The standard InChI is InChI=1S/C9H13N3O2.C8H10N2O.C7H8N2O2.C7H8N2O.C6H6N2O2.5C2H6/c1-11-6-8(10-7-11)4-5-9(13)12(2)14-3;1-7(11)3-4-8-5-10(2)6-9-8;1-9-4-6(8-5-9)2-3-7(10)11;1-6(10)2-3-7-4-8-5-9-7;9-6(10)2-1-5-3-7-4-8-5;5*1-2/h4-7H,1-3H3;3-6H,1-2H3;2-5H,1H3,(H,10,11);2-5H,1H3,(H,8,9);1-4H,(H,7,8)(H,9,10);5*1-2H3/b5-4+;4-3+;2*3-2+;2-1+;;;;;. The Balaban J connectivity index is -0.000000225. The lowest BCUT2D eigenvalue weighted by Gasteiger charge is -2.09. The van der Waals surface area contributed by atoms with Crippen LogP contribution < -0.4 is 0 Å². The first-order chi connectivity index (χ1) is 31.6. The van der Waals surface area contributed by atoms with Crippen LogP contribution in [0.25, 0.3) is 30.4 Å². The predicted molar refractivity (Wildman–Crippen MR) is 265 cm³/mol. The number of H-pyrrole nitrogens is 2. The molecule has 4 N–H and O–H groups in total. The van der Waals surface area contributed by atoms with E-state index < -0.39 is 11.9 Å². The van der Waals surface area contributed by atoms with Crippen LogP contribution >= 0.6 is 0 Å². The number of imidazole rings is 5. The second-order valence-corrected chi connectivity index (χ2v) is 11.0. The number of aryl methyl sites for hydroxylation is 3. The van der Waals surface area contributed by atoms with Gasteiger partial charge in [-0.05, 0) is 56.4 Å². The Morgan fingerprint density at radius 2 is 0.848 bits per heavy atom. The Labute approximate surface area is 391 Å². The van der Waals surface area contributed by atoms with Crippen molar-refractivity contribution in [2.45, 2.75) is 83.1 Å². The highest BCUT2D eigenvalue weighted by molar-refractivity contribution is 5.92. The minimum Gasteiger partial charge on any atom is -0.478 e. The summed E-state index contributed by atoms with van der Waals surface area (Å²) in [6.45, 7) is 23.0. The maximum atomic E-state index is 11.2. The number of likely N-dealkylation sites (N-methyl/N-ethyl adjacent to an activating group) is 1. The van der Waals surface area contributed by atoms with Crippen molar-refractivity contribution < 1.29 is 39.0 Å². The largest absolute Gasteiger partial charge is 0.478 e. The molecule has 19 nitrogen and oxygen atoms in total. The lowest BCUT2D eigenvalue weighted by Crippen LogP contribution is -2.22. The maximum Gasteiger partial charge on any atom is 0.328 e. The number of aromatic nitrogens is 10. The zero-order valence-corrected chi connectivity index (χ0v) is 41.9. The molecule has 66 heavy (non-hydrogen) atoms. The van der Waals surface area contributed by atoms with E-state index in [-0.39, 0.29) is 17.5 Å². The van der Waals surface area contributed by atoms with E-state index in [2.05, 4.69) is 34.9 Å². The molecule has 0 saturated heterocycles. The fourth-order valence-corrected chi connectivity index (χ4v) is 3.35. The topological polar surface area (TPSA) is 249 Å². The number of carboxylic acids is 2. The summed E-state index contributed by atoms with van der Waals surface area (Å²) >= 11 is 0. The van der Waals surface area contributed by atoms with Crippen molar-refractivity contribution in [3.63, 3.8) is 0 Å². The monoisotopic (exact) mass is 922 g/mol. The number of hydrogen-bond donors (Lipinski definition) is 4. The van der Waals surface area contributed by atoms with E-state index in [0.717, 1.165) is 34.3 Å². The van der Waals surface area contributed by atoms with E-state index in [0.29, 0.717) is 11.4 Å². The van der Waals surface area contributed by atoms with Gasteiger partial charge in [-0.3, -0.25) is 19.2 Å². The summed E-state index contributed by atoms with van der Waals surface area (Å²) in [6.07, 6.45) is 31.0. The molecule has 0 saturated carbocycles. The molecule has 0 fully saturated rings. The molecule has 0 aromatic carbocycles. The fraction of sp³-hybridized carbons (Fsp3) is 0.362. The van der Waals surface area contributed by atoms with Crippen molar-refractivity contribution in [2.75, 3.05) is 14.2 Å². The van der Waals surface area contributed by atoms with Crippen LogP contribution in [0, 0.1) is 0 Å². The number of allylic oxidation sites excluding steroid dienone is 2. The summed E-state index contributed by atoms with van der Waals surface area (Å²) in [7, 11) is 8.56. The summed E-state index contributed by atoms with van der Waals surface area (Å²) in [5.74, 6) is -2.08. The van der Waals surface area contributed by atoms with E-state index >= 15 is 0 Å². The Bertz CT molecular complexity index is 1970. The number of aliphatic carboxylic acids is 2. The number of amides is 1. The maximum absolute atomic E-state index is 11.2. The van der Waals surface area contributed by atoms with Gasteiger partial charge in [0, 0.05) is 65.0 Å². The number of rotatable bonds is 11. The van der Waals surface area contributed by atoms with Gasteiger partial charge >= 0.3 is 11.9 Å². The first kappa shape index (κ1) is 67.5. The second-order valence-electron chi connectivity index (χ2n) is 11.0. The summed E-state index contributed by atoms with van der Waals surface area (Å²) in [5, 5.41) is 17.6. The molecule has 0 aliphatic rings. The third-order valence-electron chi connectivity index (χ3n) is 5.98. The molecule has 5 rings (SSSR count). The highest BCUT2D eigenvalue weighted by Crippen LogP contribution is 1.99. The van der Waals surface area contributed by atoms with Crippen LogP contribution in [0.4, 0.5) is 0 Å². The molecule has 0 radical (unpaired) electrons. The molecular formula is C47H75N11O8. The third kappa shape index (κ3) is 41.8. The number of aromatic amines is 2. The van der Waals surface area contributed by atoms with Crippen LogP contribution in [0.15, 0.2) is 93.0 Å². The van der Waals surface area contributed by atoms with Crippen LogP contribution in [0.2, 0.25) is 0 Å². The van der Waals surface area contributed by atoms with Crippen molar-refractivity contribution in [3.8, 4) is 0 Å². The highest BCUT2D eigenvalue weighted by Gasteiger charge is 2.02. The number of carbonyl (C=O) groups excluding carboxylic acids is 3. The number of carboxylic acid groups (broad SMARTS) is 2. The average molecular weight is 922 g/mol. The third-order valence-corrected chi connectivity index (χ3v) is 5.98. The summed E-state index contributed by atoms with van der Waals surface area (Å²) < 4.78 is 5.39. The van der Waals surface area contributed by atoms with Gasteiger partial charge in [0.25, 0.3) is 5.91 Å². The van der Waals surface area contributed by atoms with Gasteiger partial charge in [-0.2, -0.15) is 0 Å². The minimum atomic E-state index is -0.963. The smallest absolute Gasteiger partial charge is 0.328 e. The summed E-state index contributed by atoms with van der Waals surface area (Å²) in [6, 6.07) is 0. The molecule has 5 heterocycles. The van der Waals surface area contributed by atoms with E-state index in [9.17, 15) is 24.0 Å². The van der Waals surface area contributed by atoms with E-state index in [1.165, 1.54) is 57.7 Å². The Morgan fingerprint density at radius 3 is 1.12 bits per heavy atom. The molecule has 366 valence electrons. The van der Waals surface area contributed by atoms with Crippen LogP contribution in [0.3, 0.4) is 0 Å². The summed E-state index contributed by atoms with van der Waals surface area (Å²) in [4.78, 5) is 81.9. The predicted octanol–water partition coefficient (Wildman–Crippen LogP) is 8.64. The number of carbonyl (C=O) groups is 5. The van der Waals surface area contributed by atoms with Crippen LogP contribution in [0.5, 0.6) is 0 Å². The van der Waals surface area contributed by atoms with Crippen molar-refractivity contribution in [3.05, 3.63) is 121 Å². The quantitative estimate of drug-likeness (QED) is 0.0716. The van der Waals surface area contributed by atoms with E-state index in [4.69, 9.17) is 15.1 Å². The molecule has 0 spiro atoms. The summed E-state index contributed by atoms with van der Waals surface area (Å²) in [5.41, 5.74) is 3.72. The Morgan fingerprint density at radius 1 is 0.545 bits per heavy atom. The molecule has 1 amide bonds. The van der Waals surface area contributed by atoms with Gasteiger partial charge in [-0.15, -0.1) is 0 Å². The zero-order chi connectivity index (χ0) is 51.9. The normalized spacial score (nSPS) is 9.47. The average Bonchev–Trinajstić information content (AvgIpc) is 4.20. The van der Waals surface area contributed by atoms with E-state index in [1.807, 2.05) is 112 Å². The number of hydrogen-bond acceptors (Lipinski definition) is 11. The van der Waals surface area contributed by atoms with Crippen LogP contribution in [-0.4, -0.2) is 107 Å². The van der Waals surface area contributed by atoms with Crippen molar-refractivity contribution in [1.29, 1.82) is 0 Å². The first-order valence-electron chi connectivity index (χ1n) is 21.2. The number of nitrogens with one attached hydrogen (secondary N) is 2. The number of nitrogens with zero attached hydrogens (tertiary/aromatic N) is 9. The van der Waals surface area contributed by atoms with Crippen molar-refractivity contribution in [1.82, 2.24) is 53.7 Å².